The van der Waals surface area contributed by atoms with E-state index in [-0.39, 0.29) is 5.82 Å². The van der Waals surface area contributed by atoms with Gasteiger partial charge in [-0.15, -0.1) is 0 Å². The van der Waals surface area contributed by atoms with E-state index in [9.17, 15) is 9.50 Å². The molecule has 0 aromatic heterocycles. The van der Waals surface area contributed by atoms with Crippen molar-refractivity contribution in [1.82, 2.24) is 0 Å². The molecule has 2 aliphatic rings. The van der Waals surface area contributed by atoms with Crippen molar-refractivity contribution in [2.24, 2.45) is 11.8 Å². The van der Waals surface area contributed by atoms with Crippen molar-refractivity contribution >= 4 is 0 Å². The van der Waals surface area contributed by atoms with Crippen LogP contribution in [0.25, 0.3) is 0 Å². The van der Waals surface area contributed by atoms with E-state index in [0.717, 1.165) is 30.4 Å². The lowest BCUT2D eigenvalue weighted by Crippen LogP contribution is -2.43. The Labute approximate surface area is 127 Å². The van der Waals surface area contributed by atoms with E-state index < -0.39 is 5.60 Å². The minimum absolute atomic E-state index is 0.225. The molecule has 2 fully saturated rings. The standard InChI is InChI=1S/C19H27FO/c1-14-10-11-16(20)13-18(14)19(21)12-6-5-9-17(19)15-7-3-2-4-8-15/h10-11,13,15,17,21H,2-9,12H2,1H3. The molecule has 0 amide bonds. The first kappa shape index (κ1) is 15.0. The molecule has 2 unspecified atom stereocenters. The van der Waals surface area contributed by atoms with E-state index in [1.165, 1.54) is 44.6 Å². The number of hydrogen-bond acceptors (Lipinski definition) is 1. The number of benzene rings is 1. The zero-order valence-electron chi connectivity index (χ0n) is 13.1. The fraction of sp³-hybridized carbons (Fsp3) is 0.684. The van der Waals surface area contributed by atoms with Crippen LogP contribution in [0.4, 0.5) is 4.39 Å². The lowest BCUT2D eigenvalue weighted by atomic mass is 9.63. The largest absolute Gasteiger partial charge is 0.385 e. The average Bonchev–Trinajstić information content (AvgIpc) is 2.51. The molecule has 2 aliphatic carbocycles. The van der Waals surface area contributed by atoms with Crippen LogP contribution in [-0.4, -0.2) is 5.11 Å². The third kappa shape index (κ3) is 2.88. The maximum absolute atomic E-state index is 13.7. The second-order valence-electron chi connectivity index (χ2n) is 7.13. The summed E-state index contributed by atoms with van der Waals surface area (Å²) in [4.78, 5) is 0. The highest BCUT2D eigenvalue weighted by Gasteiger charge is 2.45. The van der Waals surface area contributed by atoms with Gasteiger partial charge in [0.1, 0.15) is 5.82 Å². The third-order valence-corrected chi connectivity index (χ3v) is 5.82. The minimum Gasteiger partial charge on any atom is -0.385 e. The van der Waals surface area contributed by atoms with Crippen LogP contribution in [0.1, 0.15) is 68.9 Å². The minimum atomic E-state index is -0.813. The van der Waals surface area contributed by atoms with E-state index >= 15 is 0 Å². The number of halogens is 1. The molecule has 21 heavy (non-hydrogen) atoms. The van der Waals surface area contributed by atoms with Gasteiger partial charge in [0.05, 0.1) is 5.60 Å². The highest BCUT2D eigenvalue weighted by atomic mass is 19.1. The Hall–Kier alpha value is -0.890. The van der Waals surface area contributed by atoms with E-state index in [0.29, 0.717) is 11.8 Å². The van der Waals surface area contributed by atoms with Gasteiger partial charge in [-0.25, -0.2) is 4.39 Å². The normalized spacial score (nSPS) is 31.3. The van der Waals surface area contributed by atoms with Crippen LogP contribution in [0.15, 0.2) is 18.2 Å². The molecule has 0 spiro atoms. The van der Waals surface area contributed by atoms with Crippen molar-refractivity contribution in [3.05, 3.63) is 35.1 Å². The first-order valence-corrected chi connectivity index (χ1v) is 8.60. The van der Waals surface area contributed by atoms with Gasteiger partial charge < -0.3 is 5.11 Å². The summed E-state index contributed by atoms with van der Waals surface area (Å²) < 4.78 is 13.7. The zero-order chi connectivity index (χ0) is 14.9. The summed E-state index contributed by atoms with van der Waals surface area (Å²) in [5.41, 5.74) is 1.06. The zero-order valence-corrected chi connectivity index (χ0v) is 13.1. The van der Waals surface area contributed by atoms with E-state index in [1.807, 2.05) is 13.0 Å². The monoisotopic (exact) mass is 290 g/mol. The molecule has 3 rings (SSSR count). The van der Waals surface area contributed by atoms with Gasteiger partial charge >= 0.3 is 0 Å². The summed E-state index contributed by atoms with van der Waals surface area (Å²) in [6.45, 7) is 2.00. The predicted octanol–water partition coefficient (Wildman–Crippen LogP) is 5.09. The second-order valence-corrected chi connectivity index (χ2v) is 7.13. The van der Waals surface area contributed by atoms with Crippen LogP contribution >= 0.6 is 0 Å². The molecule has 1 aromatic rings. The average molecular weight is 290 g/mol. The lowest BCUT2D eigenvalue weighted by Gasteiger charge is -2.46. The Morgan fingerprint density at radius 1 is 1.05 bits per heavy atom. The Morgan fingerprint density at radius 2 is 1.76 bits per heavy atom. The molecule has 1 N–H and O–H groups in total. The summed E-state index contributed by atoms with van der Waals surface area (Å²) in [5.74, 6) is 0.704. The third-order valence-electron chi connectivity index (χ3n) is 5.82. The highest BCUT2D eigenvalue weighted by Crippen LogP contribution is 2.49. The Balaban J connectivity index is 1.96. The van der Waals surface area contributed by atoms with Crippen molar-refractivity contribution in [1.29, 1.82) is 0 Å². The molecule has 0 bridgehead atoms. The highest BCUT2D eigenvalue weighted by molar-refractivity contribution is 5.33. The number of aryl methyl sites for hydroxylation is 1. The number of aliphatic hydroxyl groups is 1. The SMILES string of the molecule is Cc1ccc(F)cc1C1(O)CCCCC1C1CCCCC1. The lowest BCUT2D eigenvalue weighted by molar-refractivity contribution is -0.0840. The van der Waals surface area contributed by atoms with Crippen molar-refractivity contribution in [2.45, 2.75) is 70.3 Å². The summed E-state index contributed by atoms with van der Waals surface area (Å²) >= 11 is 0. The molecule has 0 heterocycles. The number of rotatable bonds is 2. The first-order chi connectivity index (χ1) is 10.1. The summed E-state index contributed by atoms with van der Waals surface area (Å²) in [7, 11) is 0. The van der Waals surface area contributed by atoms with Gasteiger partial charge in [0.2, 0.25) is 0 Å². The van der Waals surface area contributed by atoms with Gasteiger partial charge in [-0.05, 0) is 54.9 Å². The molecule has 2 atom stereocenters. The smallest absolute Gasteiger partial charge is 0.123 e. The molecule has 0 radical (unpaired) electrons. The second kappa shape index (κ2) is 6.08. The van der Waals surface area contributed by atoms with Crippen molar-refractivity contribution in [3.63, 3.8) is 0 Å². The van der Waals surface area contributed by atoms with Crippen LogP contribution in [0.5, 0.6) is 0 Å². The van der Waals surface area contributed by atoms with Crippen molar-refractivity contribution in [3.8, 4) is 0 Å². The van der Waals surface area contributed by atoms with Crippen LogP contribution in [0.3, 0.4) is 0 Å². The molecule has 1 nitrogen and oxygen atoms in total. The van der Waals surface area contributed by atoms with E-state index in [2.05, 4.69) is 0 Å². The Kier molecular flexibility index (Phi) is 4.35. The Bertz CT molecular complexity index is 492. The van der Waals surface area contributed by atoms with Gasteiger partial charge in [-0.2, -0.15) is 0 Å². The fourth-order valence-corrected chi connectivity index (χ4v) is 4.74. The molecule has 0 saturated heterocycles. The fourth-order valence-electron chi connectivity index (χ4n) is 4.74. The predicted molar refractivity (Wildman–Crippen MR) is 83.6 cm³/mol. The topological polar surface area (TPSA) is 20.2 Å². The van der Waals surface area contributed by atoms with Crippen molar-refractivity contribution < 1.29 is 9.50 Å². The first-order valence-electron chi connectivity index (χ1n) is 8.60. The maximum atomic E-state index is 13.7. The molecule has 2 saturated carbocycles. The maximum Gasteiger partial charge on any atom is 0.123 e. The van der Waals surface area contributed by atoms with Gasteiger partial charge in [0.15, 0.2) is 0 Å². The van der Waals surface area contributed by atoms with Gasteiger partial charge in [-0.3, -0.25) is 0 Å². The van der Waals surface area contributed by atoms with Crippen LogP contribution in [0, 0.1) is 24.6 Å². The van der Waals surface area contributed by atoms with E-state index in [4.69, 9.17) is 0 Å². The quantitative estimate of drug-likeness (QED) is 0.804. The van der Waals surface area contributed by atoms with Crippen LogP contribution in [0.2, 0.25) is 0 Å². The summed E-state index contributed by atoms with van der Waals surface area (Å²) in [6.07, 6.45) is 10.5. The Morgan fingerprint density at radius 3 is 2.52 bits per heavy atom. The molecular formula is C19H27FO. The number of hydrogen-bond donors (Lipinski definition) is 1. The van der Waals surface area contributed by atoms with Crippen molar-refractivity contribution in [2.75, 3.05) is 0 Å². The molecule has 1 aromatic carbocycles. The van der Waals surface area contributed by atoms with Gasteiger partial charge in [0.25, 0.3) is 0 Å². The molecule has 2 heteroatoms. The van der Waals surface area contributed by atoms with E-state index in [1.54, 1.807) is 6.07 Å². The summed E-state index contributed by atoms with van der Waals surface area (Å²) in [5, 5.41) is 11.5. The molecular weight excluding hydrogens is 263 g/mol. The summed E-state index contributed by atoms with van der Waals surface area (Å²) in [6, 6.07) is 4.90. The van der Waals surface area contributed by atoms with Gasteiger partial charge in [0, 0.05) is 0 Å². The molecule has 116 valence electrons. The van der Waals surface area contributed by atoms with Crippen LogP contribution < -0.4 is 0 Å². The van der Waals surface area contributed by atoms with Gasteiger partial charge in [-0.1, -0.05) is 51.0 Å². The molecule has 0 aliphatic heterocycles. The van der Waals surface area contributed by atoms with Crippen LogP contribution in [-0.2, 0) is 5.60 Å².